The standard InChI is InChI=1S/C15H13BrN2O3S/c1-9-13(14(20)21-2)22-15(17-9)18-12(19)8-5-10-3-6-11(16)7-4-10/h3-8H,1-2H3,(H,17,18,19)/b8-5+. The third kappa shape index (κ3) is 4.25. The molecule has 0 radical (unpaired) electrons. The molecule has 1 aromatic heterocycles. The van der Waals surface area contributed by atoms with E-state index in [0.29, 0.717) is 15.7 Å². The quantitative estimate of drug-likeness (QED) is 0.649. The molecule has 1 amide bonds. The zero-order valence-corrected chi connectivity index (χ0v) is 14.3. The fourth-order valence-corrected chi connectivity index (χ4v) is 2.78. The lowest BCUT2D eigenvalue weighted by Gasteiger charge is -1.96. The zero-order chi connectivity index (χ0) is 16.1. The second-order valence-corrected chi connectivity index (χ2v) is 6.21. The van der Waals surface area contributed by atoms with Crippen LogP contribution in [0.5, 0.6) is 0 Å². The minimum Gasteiger partial charge on any atom is -0.465 e. The lowest BCUT2D eigenvalue weighted by Crippen LogP contribution is -2.07. The number of thiazole rings is 1. The van der Waals surface area contributed by atoms with Crippen LogP contribution in [0.1, 0.15) is 20.9 Å². The van der Waals surface area contributed by atoms with Crippen LogP contribution in [0.25, 0.3) is 6.08 Å². The Balaban J connectivity index is 2.03. The van der Waals surface area contributed by atoms with Crippen LogP contribution in [0.4, 0.5) is 5.13 Å². The van der Waals surface area contributed by atoms with Crippen LogP contribution in [-0.2, 0) is 9.53 Å². The van der Waals surface area contributed by atoms with Crippen LogP contribution in [0, 0.1) is 6.92 Å². The number of aryl methyl sites for hydroxylation is 1. The number of anilines is 1. The average molecular weight is 381 g/mol. The molecule has 0 saturated heterocycles. The molecule has 0 unspecified atom stereocenters. The highest BCUT2D eigenvalue weighted by molar-refractivity contribution is 9.10. The van der Waals surface area contributed by atoms with Crippen LogP contribution in [0.2, 0.25) is 0 Å². The summed E-state index contributed by atoms with van der Waals surface area (Å²) < 4.78 is 5.63. The predicted octanol–water partition coefficient (Wildman–Crippen LogP) is 3.65. The van der Waals surface area contributed by atoms with Crippen molar-refractivity contribution in [1.29, 1.82) is 0 Å². The van der Waals surface area contributed by atoms with Crippen molar-refractivity contribution in [3.05, 3.63) is 50.9 Å². The normalized spacial score (nSPS) is 10.7. The molecule has 0 spiro atoms. The Kier molecular flexibility index (Phi) is 5.46. The number of esters is 1. The average Bonchev–Trinajstić information content (AvgIpc) is 2.86. The van der Waals surface area contributed by atoms with Gasteiger partial charge in [-0.25, -0.2) is 9.78 Å². The first-order valence-corrected chi connectivity index (χ1v) is 7.91. The van der Waals surface area contributed by atoms with Crippen molar-refractivity contribution in [2.45, 2.75) is 6.92 Å². The van der Waals surface area contributed by atoms with Crippen molar-refractivity contribution in [1.82, 2.24) is 4.98 Å². The predicted molar refractivity (Wildman–Crippen MR) is 90.0 cm³/mol. The van der Waals surface area contributed by atoms with Crippen LogP contribution in [-0.4, -0.2) is 24.0 Å². The number of carbonyl (C=O) groups is 2. The number of halogens is 1. The Morgan fingerprint density at radius 2 is 2.00 bits per heavy atom. The number of aromatic nitrogens is 1. The first kappa shape index (κ1) is 16.4. The maximum absolute atomic E-state index is 11.9. The number of nitrogens with zero attached hydrogens (tertiary/aromatic N) is 1. The SMILES string of the molecule is COC(=O)c1sc(NC(=O)/C=C/c2ccc(Br)cc2)nc1C. The van der Waals surface area contributed by atoms with Gasteiger partial charge in [0, 0.05) is 10.5 Å². The van der Waals surface area contributed by atoms with E-state index in [9.17, 15) is 9.59 Å². The van der Waals surface area contributed by atoms with E-state index < -0.39 is 5.97 Å². The molecule has 0 aliphatic heterocycles. The summed E-state index contributed by atoms with van der Waals surface area (Å²) >= 11 is 4.43. The number of amides is 1. The number of carbonyl (C=O) groups excluding carboxylic acids is 2. The molecule has 2 rings (SSSR count). The Hall–Kier alpha value is -1.99. The first-order valence-electron chi connectivity index (χ1n) is 6.30. The minimum atomic E-state index is -0.457. The van der Waals surface area contributed by atoms with Gasteiger partial charge in [-0.1, -0.05) is 39.4 Å². The van der Waals surface area contributed by atoms with E-state index in [2.05, 4.69) is 31.0 Å². The zero-order valence-electron chi connectivity index (χ0n) is 11.9. The van der Waals surface area contributed by atoms with Crippen molar-refractivity contribution >= 4 is 50.4 Å². The Labute approximate surface area is 140 Å². The molecule has 0 bridgehead atoms. The van der Waals surface area contributed by atoms with E-state index in [-0.39, 0.29) is 5.91 Å². The van der Waals surface area contributed by atoms with Gasteiger partial charge in [0.05, 0.1) is 12.8 Å². The monoisotopic (exact) mass is 380 g/mol. The third-order valence-corrected chi connectivity index (χ3v) is 4.28. The molecular weight excluding hydrogens is 368 g/mol. The van der Waals surface area contributed by atoms with Gasteiger partial charge in [0.25, 0.3) is 0 Å². The molecule has 5 nitrogen and oxygen atoms in total. The van der Waals surface area contributed by atoms with Crippen molar-refractivity contribution in [2.24, 2.45) is 0 Å². The molecule has 0 aliphatic carbocycles. The maximum atomic E-state index is 11.9. The molecule has 2 aromatic rings. The number of benzene rings is 1. The maximum Gasteiger partial charge on any atom is 0.350 e. The lowest BCUT2D eigenvalue weighted by atomic mass is 10.2. The molecule has 0 saturated carbocycles. The van der Waals surface area contributed by atoms with Crippen molar-refractivity contribution in [3.63, 3.8) is 0 Å². The molecule has 1 N–H and O–H groups in total. The number of hydrogen-bond acceptors (Lipinski definition) is 5. The molecular formula is C15H13BrN2O3S. The van der Waals surface area contributed by atoms with E-state index in [4.69, 9.17) is 0 Å². The molecule has 0 atom stereocenters. The van der Waals surface area contributed by atoms with Crippen molar-refractivity contribution in [3.8, 4) is 0 Å². The van der Waals surface area contributed by atoms with Gasteiger partial charge in [0.2, 0.25) is 5.91 Å². The van der Waals surface area contributed by atoms with Crippen LogP contribution < -0.4 is 5.32 Å². The van der Waals surface area contributed by atoms with E-state index in [1.54, 1.807) is 13.0 Å². The van der Waals surface area contributed by atoms with Gasteiger partial charge < -0.3 is 4.74 Å². The Morgan fingerprint density at radius 1 is 1.32 bits per heavy atom. The van der Waals surface area contributed by atoms with Gasteiger partial charge >= 0.3 is 5.97 Å². The van der Waals surface area contributed by atoms with E-state index in [0.717, 1.165) is 21.4 Å². The Morgan fingerprint density at radius 3 is 2.64 bits per heavy atom. The highest BCUT2D eigenvalue weighted by atomic mass is 79.9. The molecule has 1 heterocycles. The molecule has 0 fully saturated rings. The van der Waals surface area contributed by atoms with Crippen LogP contribution in [0.15, 0.2) is 34.8 Å². The fourth-order valence-electron chi connectivity index (χ4n) is 1.62. The highest BCUT2D eigenvalue weighted by Gasteiger charge is 2.16. The number of rotatable bonds is 4. The second-order valence-electron chi connectivity index (χ2n) is 4.30. The molecule has 114 valence electrons. The minimum absolute atomic E-state index is 0.312. The molecule has 0 aliphatic rings. The van der Waals surface area contributed by atoms with E-state index in [1.807, 2.05) is 24.3 Å². The molecule has 1 aromatic carbocycles. The van der Waals surface area contributed by atoms with E-state index in [1.165, 1.54) is 13.2 Å². The van der Waals surface area contributed by atoms with Gasteiger partial charge in [-0.2, -0.15) is 0 Å². The summed E-state index contributed by atoms with van der Waals surface area (Å²) in [6.45, 7) is 1.69. The van der Waals surface area contributed by atoms with Gasteiger partial charge in [-0.3, -0.25) is 10.1 Å². The van der Waals surface area contributed by atoms with Gasteiger partial charge in [-0.05, 0) is 30.7 Å². The largest absolute Gasteiger partial charge is 0.465 e. The smallest absolute Gasteiger partial charge is 0.350 e. The first-order chi connectivity index (χ1) is 10.5. The summed E-state index contributed by atoms with van der Waals surface area (Å²) in [4.78, 5) is 27.9. The summed E-state index contributed by atoms with van der Waals surface area (Å²) in [5.74, 6) is -0.769. The molecule has 22 heavy (non-hydrogen) atoms. The topological polar surface area (TPSA) is 68.3 Å². The molecule has 7 heteroatoms. The number of methoxy groups -OCH3 is 1. The summed E-state index contributed by atoms with van der Waals surface area (Å²) in [6.07, 6.45) is 3.11. The Bertz CT molecular complexity index is 723. The van der Waals surface area contributed by atoms with Crippen LogP contribution in [0.3, 0.4) is 0 Å². The number of nitrogens with one attached hydrogen (secondary N) is 1. The van der Waals surface area contributed by atoms with Crippen molar-refractivity contribution < 1.29 is 14.3 Å². The summed E-state index contributed by atoms with van der Waals surface area (Å²) in [5, 5.41) is 2.99. The third-order valence-electron chi connectivity index (χ3n) is 2.69. The highest BCUT2D eigenvalue weighted by Crippen LogP contribution is 2.23. The number of ether oxygens (including phenoxy) is 1. The second kappa shape index (κ2) is 7.33. The lowest BCUT2D eigenvalue weighted by molar-refractivity contribution is -0.111. The summed E-state index contributed by atoms with van der Waals surface area (Å²) in [7, 11) is 1.31. The van der Waals surface area contributed by atoms with Crippen molar-refractivity contribution in [2.75, 3.05) is 12.4 Å². The van der Waals surface area contributed by atoms with Gasteiger partial charge in [0.1, 0.15) is 4.88 Å². The number of hydrogen-bond donors (Lipinski definition) is 1. The fraction of sp³-hybridized carbons (Fsp3) is 0.133. The van der Waals surface area contributed by atoms with Gasteiger partial charge in [-0.15, -0.1) is 0 Å². The van der Waals surface area contributed by atoms with E-state index >= 15 is 0 Å². The van der Waals surface area contributed by atoms with Gasteiger partial charge in [0.15, 0.2) is 5.13 Å². The summed E-state index contributed by atoms with van der Waals surface area (Å²) in [5.41, 5.74) is 1.44. The van der Waals surface area contributed by atoms with Crippen LogP contribution >= 0.6 is 27.3 Å². The summed E-state index contributed by atoms with van der Waals surface area (Å²) in [6, 6.07) is 7.56.